The van der Waals surface area contributed by atoms with Gasteiger partial charge in [-0.15, -0.1) is 0 Å². The molecule has 8 rings (SSSR count). The topological polar surface area (TPSA) is 46.6 Å². The summed E-state index contributed by atoms with van der Waals surface area (Å²) in [6, 6.07) is 56.3. The number of nitrogens with zero attached hydrogens (tertiary/aromatic N) is 1. The first-order valence-corrected chi connectivity index (χ1v) is 16.9. The predicted octanol–water partition coefficient (Wildman–Crippen LogP) is 8.43. The second kappa shape index (κ2) is 12.8. The van der Waals surface area contributed by atoms with Gasteiger partial charge in [-0.1, -0.05) is 170 Å². The third-order valence-electron chi connectivity index (χ3n) is 10.4. The number of carbonyl (C=O) groups is 2. The van der Waals surface area contributed by atoms with Crippen LogP contribution >= 0.6 is 0 Å². The Kier molecular flexibility index (Phi) is 8.03. The van der Waals surface area contributed by atoms with E-state index in [1.807, 2.05) is 84.9 Å². The molecule has 4 heteroatoms. The minimum Gasteiger partial charge on any atom is -0.460 e. The van der Waals surface area contributed by atoms with Crippen LogP contribution in [0.3, 0.4) is 0 Å². The maximum absolute atomic E-state index is 15.2. The first-order chi connectivity index (χ1) is 24.1. The van der Waals surface area contributed by atoms with Crippen molar-refractivity contribution in [1.82, 2.24) is 4.90 Å². The number of esters is 1. The molecule has 1 saturated heterocycles. The van der Waals surface area contributed by atoms with Crippen LogP contribution in [0.15, 0.2) is 170 Å². The molecule has 49 heavy (non-hydrogen) atoms. The number of ether oxygens (including phenoxy) is 1. The van der Waals surface area contributed by atoms with Crippen LogP contribution in [0.2, 0.25) is 0 Å². The van der Waals surface area contributed by atoms with Crippen LogP contribution < -0.4 is 0 Å². The smallest absolute Gasteiger partial charge is 0.324 e. The van der Waals surface area contributed by atoms with Gasteiger partial charge in [-0.05, 0) is 57.3 Å². The van der Waals surface area contributed by atoms with E-state index >= 15 is 9.59 Å². The monoisotopic (exact) mass is 639 g/mol. The molecule has 1 fully saturated rings. The van der Waals surface area contributed by atoms with Crippen LogP contribution in [-0.2, 0) is 39.3 Å². The SMILES string of the molecule is O=C(OCc1ccccc1)[C@H]1N(C2(c3ccccc3)c3ccccc3-c3ccccc32)CC(=O)C1(Cc1ccccc1)Cc1ccccc1. The van der Waals surface area contributed by atoms with E-state index in [4.69, 9.17) is 4.74 Å². The Hall–Kier alpha value is -5.58. The van der Waals surface area contributed by atoms with Gasteiger partial charge in [0.25, 0.3) is 0 Å². The van der Waals surface area contributed by atoms with Crippen LogP contribution in [0.25, 0.3) is 11.1 Å². The molecule has 0 spiro atoms. The summed E-state index contributed by atoms with van der Waals surface area (Å²) in [7, 11) is 0. The summed E-state index contributed by atoms with van der Waals surface area (Å²) in [5.74, 6) is -0.349. The average molecular weight is 640 g/mol. The molecular weight excluding hydrogens is 602 g/mol. The molecule has 1 aliphatic carbocycles. The molecule has 0 radical (unpaired) electrons. The van der Waals surface area contributed by atoms with E-state index in [0.717, 1.165) is 44.5 Å². The van der Waals surface area contributed by atoms with E-state index < -0.39 is 23.0 Å². The predicted molar refractivity (Wildman–Crippen MR) is 193 cm³/mol. The highest BCUT2D eigenvalue weighted by Crippen LogP contribution is 2.58. The van der Waals surface area contributed by atoms with Crippen LogP contribution in [-0.4, -0.2) is 29.2 Å². The summed E-state index contributed by atoms with van der Waals surface area (Å²) < 4.78 is 6.30. The Balaban J connectivity index is 1.38. The van der Waals surface area contributed by atoms with Crippen LogP contribution in [0.1, 0.15) is 33.4 Å². The zero-order valence-corrected chi connectivity index (χ0v) is 27.2. The molecule has 2 aliphatic rings. The van der Waals surface area contributed by atoms with Crippen molar-refractivity contribution in [3.8, 4) is 11.1 Å². The van der Waals surface area contributed by atoms with Gasteiger partial charge in [0.1, 0.15) is 12.6 Å². The Morgan fingerprint density at radius 1 is 0.571 bits per heavy atom. The van der Waals surface area contributed by atoms with Crippen LogP contribution in [0.4, 0.5) is 0 Å². The molecule has 1 heterocycles. The molecule has 1 atom stereocenters. The normalized spacial score (nSPS) is 17.3. The van der Waals surface area contributed by atoms with Gasteiger partial charge in [-0.2, -0.15) is 0 Å². The number of Topliss-reactive ketones (excluding diaryl/α,β-unsaturated/α-hetero) is 1. The number of rotatable bonds is 9. The average Bonchev–Trinajstić information content (AvgIpc) is 3.61. The van der Waals surface area contributed by atoms with E-state index in [1.165, 1.54) is 0 Å². The van der Waals surface area contributed by atoms with Gasteiger partial charge in [0.05, 0.1) is 17.5 Å². The summed E-state index contributed by atoms with van der Waals surface area (Å²) in [6.07, 6.45) is 0.800. The van der Waals surface area contributed by atoms with Gasteiger partial charge < -0.3 is 4.74 Å². The van der Waals surface area contributed by atoms with Crippen molar-refractivity contribution in [2.24, 2.45) is 5.41 Å². The zero-order chi connectivity index (χ0) is 33.3. The molecule has 1 aliphatic heterocycles. The molecule has 240 valence electrons. The van der Waals surface area contributed by atoms with Crippen molar-refractivity contribution in [1.29, 1.82) is 0 Å². The number of benzene rings is 6. The second-order valence-corrected chi connectivity index (χ2v) is 13.2. The molecule has 0 bridgehead atoms. The molecule has 0 saturated carbocycles. The third kappa shape index (κ3) is 5.20. The Labute approximate surface area is 287 Å². The van der Waals surface area contributed by atoms with Gasteiger partial charge in [0.2, 0.25) is 0 Å². The Morgan fingerprint density at radius 2 is 1.00 bits per heavy atom. The third-order valence-corrected chi connectivity index (χ3v) is 10.4. The molecule has 0 aromatic heterocycles. The van der Waals surface area contributed by atoms with Crippen molar-refractivity contribution in [3.63, 3.8) is 0 Å². The lowest BCUT2D eigenvalue weighted by molar-refractivity contribution is -0.157. The van der Waals surface area contributed by atoms with E-state index in [1.54, 1.807) is 0 Å². The maximum Gasteiger partial charge on any atom is 0.324 e. The summed E-state index contributed by atoms with van der Waals surface area (Å²) in [6.45, 7) is 0.207. The fourth-order valence-electron chi connectivity index (χ4n) is 8.38. The molecule has 0 N–H and O–H groups in total. The van der Waals surface area contributed by atoms with Gasteiger partial charge >= 0.3 is 5.97 Å². The molecule has 6 aromatic rings. The van der Waals surface area contributed by atoms with Gasteiger partial charge in [0, 0.05) is 0 Å². The van der Waals surface area contributed by atoms with Crippen molar-refractivity contribution in [2.45, 2.75) is 31.0 Å². The molecule has 6 aromatic carbocycles. The van der Waals surface area contributed by atoms with Crippen molar-refractivity contribution in [3.05, 3.63) is 203 Å². The fourth-order valence-corrected chi connectivity index (χ4v) is 8.38. The highest BCUT2D eigenvalue weighted by atomic mass is 16.5. The zero-order valence-electron chi connectivity index (χ0n) is 27.2. The van der Waals surface area contributed by atoms with E-state index in [2.05, 4.69) is 89.8 Å². The maximum atomic E-state index is 15.2. The lowest BCUT2D eigenvalue weighted by atomic mass is 9.69. The number of hydrogen-bond donors (Lipinski definition) is 0. The molecule has 0 unspecified atom stereocenters. The van der Waals surface area contributed by atoms with Gasteiger partial charge in [-0.3, -0.25) is 14.5 Å². The number of fused-ring (bicyclic) bond motifs is 3. The Morgan fingerprint density at radius 3 is 1.51 bits per heavy atom. The minimum absolute atomic E-state index is 0.0408. The first-order valence-electron chi connectivity index (χ1n) is 16.9. The Bertz CT molecular complexity index is 2010. The van der Waals surface area contributed by atoms with E-state index in [0.29, 0.717) is 12.8 Å². The van der Waals surface area contributed by atoms with E-state index in [9.17, 15) is 0 Å². The molecule has 4 nitrogen and oxygen atoms in total. The fraction of sp³-hybridized carbons (Fsp3) is 0.156. The van der Waals surface area contributed by atoms with Crippen LogP contribution in [0, 0.1) is 5.41 Å². The first kappa shape index (κ1) is 30.7. The summed E-state index contributed by atoms with van der Waals surface area (Å²) >= 11 is 0. The number of ketones is 1. The number of hydrogen-bond acceptors (Lipinski definition) is 4. The molecular formula is C45H37NO3. The van der Waals surface area contributed by atoms with Crippen molar-refractivity contribution >= 4 is 11.8 Å². The number of likely N-dealkylation sites (tertiary alicyclic amines) is 1. The highest BCUT2D eigenvalue weighted by molar-refractivity contribution is 5.98. The summed E-state index contributed by atoms with van der Waals surface area (Å²) in [5, 5.41) is 0. The van der Waals surface area contributed by atoms with Gasteiger partial charge in [0.15, 0.2) is 5.78 Å². The summed E-state index contributed by atoms with van der Waals surface area (Å²) in [4.78, 5) is 32.5. The minimum atomic E-state index is -1.11. The lowest BCUT2D eigenvalue weighted by Crippen LogP contribution is -2.57. The standard InChI is InChI=1S/C45H37NO3/c47-41-31-46(45(36-23-11-4-12-24-36)39-27-15-13-25-37(39)38-26-14-16-28-40(38)45)42(43(48)49-32-35-21-9-3-10-22-35)44(41,29-33-17-5-1-6-18-33)30-34-19-7-2-8-20-34/h1-28,42H,29-32H2/t42-/m1/s1. The van der Waals surface area contributed by atoms with Gasteiger partial charge in [-0.25, -0.2) is 0 Å². The second-order valence-electron chi connectivity index (χ2n) is 13.2. The quantitative estimate of drug-likeness (QED) is 0.149. The summed E-state index contributed by atoms with van der Waals surface area (Å²) in [5.41, 5.74) is 6.24. The largest absolute Gasteiger partial charge is 0.460 e. The van der Waals surface area contributed by atoms with E-state index in [-0.39, 0.29) is 18.9 Å². The van der Waals surface area contributed by atoms with Crippen molar-refractivity contribution in [2.75, 3.05) is 6.54 Å². The lowest BCUT2D eigenvalue weighted by Gasteiger charge is -2.46. The van der Waals surface area contributed by atoms with Crippen molar-refractivity contribution < 1.29 is 14.3 Å². The highest BCUT2D eigenvalue weighted by Gasteiger charge is 2.64. The number of carbonyl (C=O) groups excluding carboxylic acids is 2. The van der Waals surface area contributed by atoms with Crippen LogP contribution in [0.5, 0.6) is 0 Å². The molecule has 0 amide bonds.